The molecule has 1 unspecified atom stereocenters. The van der Waals surface area contributed by atoms with E-state index < -0.39 is 10.2 Å². The van der Waals surface area contributed by atoms with Crippen LogP contribution in [0.2, 0.25) is 0 Å². The zero-order valence-electron chi connectivity index (χ0n) is 13.6. The molecule has 0 aliphatic carbocycles. The van der Waals surface area contributed by atoms with Crippen LogP contribution in [0.15, 0.2) is 0 Å². The Hall–Kier alpha value is -0.170. The van der Waals surface area contributed by atoms with Crippen molar-refractivity contribution in [2.24, 2.45) is 0 Å². The molecule has 2 rings (SSSR count). The minimum absolute atomic E-state index is 0.120. The summed E-state index contributed by atoms with van der Waals surface area (Å²) >= 11 is 0. The van der Waals surface area contributed by atoms with Crippen LogP contribution in [0.3, 0.4) is 0 Å². The normalized spacial score (nSPS) is 26.9. The van der Waals surface area contributed by atoms with E-state index in [2.05, 4.69) is 19.2 Å². The third-order valence-electron chi connectivity index (χ3n) is 4.52. The molecular weight excluding hydrogens is 286 g/mol. The first-order valence-electron chi connectivity index (χ1n) is 8.52. The molecule has 0 aromatic heterocycles. The van der Waals surface area contributed by atoms with Gasteiger partial charge in [0.2, 0.25) is 0 Å². The fraction of sp³-hybridized carbons (Fsp3) is 1.00. The van der Waals surface area contributed by atoms with Crippen molar-refractivity contribution < 1.29 is 8.42 Å². The van der Waals surface area contributed by atoms with Crippen LogP contribution in [0.25, 0.3) is 0 Å². The van der Waals surface area contributed by atoms with Crippen LogP contribution < -0.4 is 5.32 Å². The summed E-state index contributed by atoms with van der Waals surface area (Å²) in [6, 6.07) is 0.518. The summed E-state index contributed by atoms with van der Waals surface area (Å²) in [6.07, 6.45) is 7.42. The van der Waals surface area contributed by atoms with E-state index in [1.807, 2.05) is 0 Å². The van der Waals surface area contributed by atoms with E-state index in [0.717, 1.165) is 51.5 Å². The maximum atomic E-state index is 13.0. The van der Waals surface area contributed by atoms with Gasteiger partial charge in [-0.1, -0.05) is 33.1 Å². The van der Waals surface area contributed by atoms with Crippen LogP contribution in [-0.4, -0.2) is 55.3 Å². The molecule has 21 heavy (non-hydrogen) atoms. The third-order valence-corrected chi connectivity index (χ3v) is 6.61. The zero-order chi connectivity index (χ0) is 15.3. The average Bonchev–Trinajstić information content (AvgIpc) is 2.75. The van der Waals surface area contributed by atoms with Gasteiger partial charge in [0.15, 0.2) is 0 Å². The van der Waals surface area contributed by atoms with Crippen molar-refractivity contribution in [3.8, 4) is 0 Å². The van der Waals surface area contributed by atoms with Crippen molar-refractivity contribution in [3.63, 3.8) is 0 Å². The van der Waals surface area contributed by atoms with Crippen molar-refractivity contribution in [1.82, 2.24) is 13.9 Å². The maximum Gasteiger partial charge on any atom is 0.282 e. The highest BCUT2D eigenvalue weighted by atomic mass is 32.2. The predicted octanol–water partition coefficient (Wildman–Crippen LogP) is 1.96. The lowest BCUT2D eigenvalue weighted by Gasteiger charge is -2.38. The minimum Gasteiger partial charge on any atom is -0.313 e. The summed E-state index contributed by atoms with van der Waals surface area (Å²) in [5.41, 5.74) is 0. The smallest absolute Gasteiger partial charge is 0.282 e. The van der Waals surface area contributed by atoms with E-state index in [0.29, 0.717) is 25.7 Å². The molecule has 0 saturated carbocycles. The summed E-state index contributed by atoms with van der Waals surface area (Å²) in [7, 11) is -3.28. The molecule has 6 heteroatoms. The second kappa shape index (κ2) is 7.90. The average molecular weight is 317 g/mol. The van der Waals surface area contributed by atoms with Crippen molar-refractivity contribution in [2.45, 2.75) is 70.9 Å². The maximum absolute atomic E-state index is 13.0. The molecule has 1 N–H and O–H groups in total. The molecule has 1 atom stereocenters. The monoisotopic (exact) mass is 317 g/mol. The van der Waals surface area contributed by atoms with Gasteiger partial charge in [0.05, 0.1) is 0 Å². The Bertz CT molecular complexity index is 403. The van der Waals surface area contributed by atoms with Gasteiger partial charge < -0.3 is 5.32 Å². The van der Waals surface area contributed by atoms with Crippen molar-refractivity contribution in [2.75, 3.05) is 26.2 Å². The molecule has 0 radical (unpaired) electrons. The Morgan fingerprint density at radius 3 is 2.24 bits per heavy atom. The molecule has 2 heterocycles. The first-order chi connectivity index (χ1) is 10.0. The van der Waals surface area contributed by atoms with Crippen LogP contribution in [0, 0.1) is 0 Å². The molecule has 0 aromatic carbocycles. The van der Waals surface area contributed by atoms with E-state index in [-0.39, 0.29) is 6.04 Å². The second-order valence-electron chi connectivity index (χ2n) is 6.64. The van der Waals surface area contributed by atoms with Gasteiger partial charge in [0.25, 0.3) is 10.2 Å². The lowest BCUT2D eigenvalue weighted by molar-refractivity contribution is 0.223. The van der Waals surface area contributed by atoms with Crippen LogP contribution >= 0.6 is 0 Å². The third kappa shape index (κ3) is 4.65. The van der Waals surface area contributed by atoms with Gasteiger partial charge in [-0.3, -0.25) is 0 Å². The first-order valence-corrected chi connectivity index (χ1v) is 9.92. The highest BCUT2D eigenvalue weighted by molar-refractivity contribution is 7.86. The van der Waals surface area contributed by atoms with Crippen LogP contribution in [0.4, 0.5) is 0 Å². The summed E-state index contributed by atoms with van der Waals surface area (Å²) < 4.78 is 29.5. The Morgan fingerprint density at radius 2 is 1.62 bits per heavy atom. The number of nitrogens with zero attached hydrogens (tertiary/aromatic N) is 2. The summed E-state index contributed by atoms with van der Waals surface area (Å²) in [4.78, 5) is 0. The highest BCUT2D eigenvalue weighted by Gasteiger charge is 2.36. The van der Waals surface area contributed by atoms with Crippen LogP contribution in [0.1, 0.15) is 58.8 Å². The van der Waals surface area contributed by atoms with E-state index >= 15 is 0 Å². The van der Waals surface area contributed by atoms with Crippen molar-refractivity contribution >= 4 is 10.2 Å². The molecule has 0 bridgehead atoms. The molecule has 0 amide bonds. The molecule has 5 nitrogen and oxygen atoms in total. The lowest BCUT2D eigenvalue weighted by atomic mass is 10.0. The van der Waals surface area contributed by atoms with Gasteiger partial charge in [-0.05, 0) is 25.7 Å². The quantitative estimate of drug-likeness (QED) is 0.843. The number of piperidine rings is 1. The van der Waals surface area contributed by atoms with E-state index in [1.165, 1.54) is 0 Å². The summed E-state index contributed by atoms with van der Waals surface area (Å²) in [5, 5.41) is 3.41. The zero-order valence-corrected chi connectivity index (χ0v) is 14.4. The molecule has 124 valence electrons. The van der Waals surface area contributed by atoms with E-state index in [1.54, 1.807) is 8.61 Å². The number of nitrogens with one attached hydrogen (secondary N) is 1. The number of hydrogen-bond donors (Lipinski definition) is 1. The Kier molecular flexibility index (Phi) is 6.47. The SMILES string of the molecule is CC(C)NCC1CCCCN1S(=O)(=O)N1CCCCCC1. The molecule has 2 saturated heterocycles. The molecule has 0 spiro atoms. The van der Waals surface area contributed by atoms with E-state index in [4.69, 9.17) is 0 Å². The molecule has 2 aliphatic rings. The lowest BCUT2D eigenvalue weighted by Crippen LogP contribution is -2.54. The van der Waals surface area contributed by atoms with Gasteiger partial charge in [-0.2, -0.15) is 17.0 Å². The summed E-state index contributed by atoms with van der Waals surface area (Å²) in [6.45, 7) is 7.06. The fourth-order valence-electron chi connectivity index (χ4n) is 3.27. The Morgan fingerprint density at radius 1 is 1.00 bits per heavy atom. The van der Waals surface area contributed by atoms with Crippen LogP contribution in [0.5, 0.6) is 0 Å². The molecule has 2 fully saturated rings. The van der Waals surface area contributed by atoms with Gasteiger partial charge in [-0.15, -0.1) is 0 Å². The molecule has 0 aromatic rings. The minimum atomic E-state index is -3.28. The number of hydrogen-bond acceptors (Lipinski definition) is 3. The summed E-state index contributed by atoms with van der Waals surface area (Å²) in [5.74, 6) is 0. The largest absolute Gasteiger partial charge is 0.313 e. The number of rotatable bonds is 5. The Balaban J connectivity index is 2.06. The molecular formula is C15H31N3O2S. The Labute approximate surface area is 130 Å². The van der Waals surface area contributed by atoms with Gasteiger partial charge in [0, 0.05) is 38.3 Å². The van der Waals surface area contributed by atoms with Crippen molar-refractivity contribution in [3.05, 3.63) is 0 Å². The second-order valence-corrected chi connectivity index (χ2v) is 8.53. The first kappa shape index (κ1) is 17.2. The van der Waals surface area contributed by atoms with E-state index in [9.17, 15) is 8.42 Å². The highest BCUT2D eigenvalue weighted by Crippen LogP contribution is 2.24. The fourth-order valence-corrected chi connectivity index (χ4v) is 5.21. The van der Waals surface area contributed by atoms with Gasteiger partial charge in [-0.25, -0.2) is 0 Å². The predicted molar refractivity (Wildman–Crippen MR) is 86.4 cm³/mol. The topological polar surface area (TPSA) is 52.7 Å². The van der Waals surface area contributed by atoms with Crippen molar-refractivity contribution in [1.29, 1.82) is 0 Å². The standard InChI is InChI=1S/C15H31N3O2S/c1-14(2)16-13-15-9-5-8-12-18(15)21(19,20)17-10-6-3-4-7-11-17/h14-16H,3-13H2,1-2H3. The van der Waals surface area contributed by atoms with Gasteiger partial charge in [0.1, 0.15) is 0 Å². The molecule has 2 aliphatic heterocycles. The van der Waals surface area contributed by atoms with Gasteiger partial charge >= 0.3 is 0 Å². The van der Waals surface area contributed by atoms with Crippen LogP contribution in [-0.2, 0) is 10.2 Å².